The van der Waals surface area contributed by atoms with Crippen molar-refractivity contribution in [1.82, 2.24) is 0 Å². The Morgan fingerprint density at radius 3 is 2.38 bits per heavy atom. The highest BCUT2D eigenvalue weighted by Gasteiger charge is 2.46. The van der Waals surface area contributed by atoms with Gasteiger partial charge in [-0.15, -0.1) is 0 Å². The Bertz CT molecular complexity index is 564. The van der Waals surface area contributed by atoms with Crippen molar-refractivity contribution in [3.8, 4) is 5.75 Å². The minimum atomic E-state index is -0.703. The fourth-order valence-corrected chi connectivity index (χ4v) is 3.63. The first-order valence-corrected chi connectivity index (χ1v) is 7.43. The quantitative estimate of drug-likeness (QED) is 0.806. The predicted molar refractivity (Wildman–Crippen MR) is 77.3 cm³/mol. The van der Waals surface area contributed by atoms with Gasteiger partial charge in [-0.05, 0) is 48.4 Å². The number of ether oxygens (including phenoxy) is 1. The van der Waals surface area contributed by atoms with Crippen LogP contribution in [-0.2, 0) is 14.3 Å². The van der Waals surface area contributed by atoms with E-state index < -0.39 is 5.92 Å². The maximum Gasteiger partial charge on any atom is 0.148 e. The molecule has 21 heavy (non-hydrogen) atoms. The van der Waals surface area contributed by atoms with E-state index >= 15 is 0 Å². The second-order valence-corrected chi connectivity index (χ2v) is 6.37. The summed E-state index contributed by atoms with van der Waals surface area (Å²) in [6.07, 6.45) is 2.47. The lowest BCUT2D eigenvalue weighted by molar-refractivity contribution is -0.139. The van der Waals surface area contributed by atoms with Gasteiger partial charge in [-0.2, -0.15) is 0 Å². The molecule has 1 spiro atoms. The molecule has 0 atom stereocenters. The van der Waals surface area contributed by atoms with E-state index in [0.29, 0.717) is 31.6 Å². The first-order chi connectivity index (χ1) is 10.0. The first kappa shape index (κ1) is 14.3. The summed E-state index contributed by atoms with van der Waals surface area (Å²) in [6.45, 7) is 3.14. The van der Waals surface area contributed by atoms with Crippen molar-refractivity contribution >= 4 is 11.6 Å². The number of hydrogen-bond acceptors (Lipinski definition) is 4. The Labute approximate surface area is 124 Å². The second kappa shape index (κ2) is 5.26. The molecule has 1 N–H and O–H groups in total. The Kier molecular flexibility index (Phi) is 3.57. The topological polar surface area (TPSA) is 63.6 Å². The molecule has 112 valence electrons. The molecule has 0 amide bonds. The largest absolute Gasteiger partial charge is 0.508 e. The minimum absolute atomic E-state index is 0.0122. The minimum Gasteiger partial charge on any atom is -0.508 e. The molecule has 2 fully saturated rings. The fourth-order valence-electron chi connectivity index (χ4n) is 3.63. The van der Waals surface area contributed by atoms with E-state index in [1.54, 1.807) is 18.2 Å². The van der Waals surface area contributed by atoms with Gasteiger partial charge in [0.15, 0.2) is 0 Å². The molecule has 1 aromatic rings. The lowest BCUT2D eigenvalue weighted by atomic mass is 9.64. The number of ketones is 2. The number of carbonyl (C=O) groups excluding carboxylic acids is 2. The van der Waals surface area contributed by atoms with Gasteiger partial charge in [-0.25, -0.2) is 0 Å². The van der Waals surface area contributed by atoms with Gasteiger partial charge in [-0.3, -0.25) is 9.59 Å². The molecule has 1 aliphatic heterocycles. The van der Waals surface area contributed by atoms with Crippen LogP contribution in [0.5, 0.6) is 5.75 Å². The van der Waals surface area contributed by atoms with Crippen LogP contribution >= 0.6 is 0 Å². The van der Waals surface area contributed by atoms with Crippen molar-refractivity contribution < 1.29 is 19.4 Å². The van der Waals surface area contributed by atoms with Gasteiger partial charge in [0, 0.05) is 26.1 Å². The van der Waals surface area contributed by atoms with Crippen LogP contribution < -0.4 is 0 Å². The third kappa shape index (κ3) is 2.60. The summed E-state index contributed by atoms with van der Waals surface area (Å²) >= 11 is 0. The smallest absolute Gasteiger partial charge is 0.148 e. The van der Waals surface area contributed by atoms with Crippen molar-refractivity contribution in [3.05, 3.63) is 29.3 Å². The van der Waals surface area contributed by atoms with E-state index in [4.69, 9.17) is 4.74 Å². The molecule has 1 aliphatic carbocycles. The maximum atomic E-state index is 12.6. The summed E-state index contributed by atoms with van der Waals surface area (Å²) < 4.78 is 5.36. The van der Waals surface area contributed by atoms with Crippen molar-refractivity contribution in [2.75, 3.05) is 13.2 Å². The molecule has 3 rings (SSSR count). The van der Waals surface area contributed by atoms with Crippen molar-refractivity contribution in [3.63, 3.8) is 0 Å². The van der Waals surface area contributed by atoms with Crippen LogP contribution in [-0.4, -0.2) is 29.9 Å². The SMILES string of the molecule is Cc1ccc(O)cc1C1C(=O)CC2(CCOCC2)CC1=O. The van der Waals surface area contributed by atoms with Gasteiger partial charge in [0.1, 0.15) is 23.2 Å². The van der Waals surface area contributed by atoms with Crippen LogP contribution in [0.25, 0.3) is 0 Å². The van der Waals surface area contributed by atoms with E-state index in [-0.39, 0.29) is 22.7 Å². The van der Waals surface area contributed by atoms with Gasteiger partial charge < -0.3 is 9.84 Å². The number of phenols is 1. The highest BCUT2D eigenvalue weighted by Crippen LogP contribution is 2.45. The number of aromatic hydroxyl groups is 1. The number of phenolic OH excluding ortho intramolecular Hbond substituents is 1. The standard InChI is InChI=1S/C17H20O4/c1-11-2-3-12(18)8-13(11)16-14(19)9-17(10-15(16)20)4-6-21-7-5-17/h2-3,8,16,18H,4-7,9-10H2,1H3. The summed E-state index contributed by atoms with van der Waals surface area (Å²) in [6, 6.07) is 4.89. The van der Waals surface area contributed by atoms with Crippen LogP contribution in [0.1, 0.15) is 42.7 Å². The van der Waals surface area contributed by atoms with E-state index in [1.165, 1.54) is 0 Å². The molecule has 1 saturated carbocycles. The molecule has 0 unspecified atom stereocenters. The monoisotopic (exact) mass is 288 g/mol. The number of Topliss-reactive ketones (excluding diaryl/α,β-unsaturated/α-hetero) is 2. The molecule has 1 heterocycles. The van der Waals surface area contributed by atoms with E-state index in [0.717, 1.165) is 18.4 Å². The summed E-state index contributed by atoms with van der Waals surface area (Å²) in [5.41, 5.74) is 1.35. The first-order valence-electron chi connectivity index (χ1n) is 7.43. The molecular formula is C17H20O4. The normalized spacial score (nSPS) is 22.7. The summed E-state index contributed by atoms with van der Waals surface area (Å²) in [5.74, 6) is -0.628. The van der Waals surface area contributed by atoms with Crippen LogP contribution in [0.3, 0.4) is 0 Å². The van der Waals surface area contributed by atoms with E-state index in [1.807, 2.05) is 6.92 Å². The van der Waals surface area contributed by atoms with Crippen LogP contribution in [0.2, 0.25) is 0 Å². The van der Waals surface area contributed by atoms with Crippen LogP contribution in [0.4, 0.5) is 0 Å². The maximum absolute atomic E-state index is 12.6. The number of benzene rings is 1. The zero-order chi connectivity index (χ0) is 15.0. The van der Waals surface area contributed by atoms with Crippen LogP contribution in [0.15, 0.2) is 18.2 Å². The fraction of sp³-hybridized carbons (Fsp3) is 0.529. The van der Waals surface area contributed by atoms with Gasteiger partial charge in [0.05, 0.1) is 0 Å². The Balaban J connectivity index is 1.90. The zero-order valence-corrected chi connectivity index (χ0v) is 12.2. The summed E-state index contributed by atoms with van der Waals surface area (Å²) in [4.78, 5) is 25.2. The number of hydrogen-bond donors (Lipinski definition) is 1. The van der Waals surface area contributed by atoms with E-state index in [9.17, 15) is 14.7 Å². The summed E-state index contributed by atoms with van der Waals surface area (Å²) in [7, 11) is 0. The molecule has 0 aromatic heterocycles. The van der Waals surface area contributed by atoms with Crippen molar-refractivity contribution in [2.45, 2.75) is 38.5 Å². The van der Waals surface area contributed by atoms with Crippen molar-refractivity contribution in [2.24, 2.45) is 5.41 Å². The Hall–Kier alpha value is -1.68. The molecule has 0 bridgehead atoms. The lowest BCUT2D eigenvalue weighted by Crippen LogP contribution is -2.42. The third-order valence-corrected chi connectivity index (χ3v) is 4.87. The predicted octanol–water partition coefficient (Wildman–Crippen LogP) is 2.51. The molecule has 2 aliphatic rings. The Morgan fingerprint density at radius 1 is 1.14 bits per heavy atom. The second-order valence-electron chi connectivity index (χ2n) is 6.37. The van der Waals surface area contributed by atoms with Crippen LogP contribution in [0, 0.1) is 12.3 Å². The molecule has 1 aromatic carbocycles. The average Bonchev–Trinajstić information content (AvgIpc) is 2.42. The molecule has 0 radical (unpaired) electrons. The van der Waals surface area contributed by atoms with Gasteiger partial charge in [0.25, 0.3) is 0 Å². The summed E-state index contributed by atoms with van der Waals surface area (Å²) in [5, 5.41) is 9.64. The van der Waals surface area contributed by atoms with Gasteiger partial charge >= 0.3 is 0 Å². The molecule has 4 heteroatoms. The molecule has 1 saturated heterocycles. The molecule has 4 nitrogen and oxygen atoms in total. The van der Waals surface area contributed by atoms with Crippen molar-refractivity contribution in [1.29, 1.82) is 0 Å². The zero-order valence-electron chi connectivity index (χ0n) is 12.2. The average molecular weight is 288 g/mol. The highest BCUT2D eigenvalue weighted by molar-refractivity contribution is 6.10. The number of aryl methyl sites for hydroxylation is 1. The number of rotatable bonds is 1. The van der Waals surface area contributed by atoms with Gasteiger partial charge in [-0.1, -0.05) is 6.07 Å². The Morgan fingerprint density at radius 2 is 1.76 bits per heavy atom. The van der Waals surface area contributed by atoms with Gasteiger partial charge in [0.2, 0.25) is 0 Å². The number of carbonyl (C=O) groups is 2. The third-order valence-electron chi connectivity index (χ3n) is 4.87. The van der Waals surface area contributed by atoms with E-state index in [2.05, 4.69) is 0 Å². The highest BCUT2D eigenvalue weighted by atomic mass is 16.5. The molecular weight excluding hydrogens is 268 g/mol. The lowest BCUT2D eigenvalue weighted by Gasteiger charge is -2.41.